The highest BCUT2D eigenvalue weighted by molar-refractivity contribution is 6.36. The van der Waals surface area contributed by atoms with Crippen molar-refractivity contribution in [1.82, 2.24) is 14.8 Å². The maximum atomic E-state index is 13.1. The largest absolute Gasteiger partial charge is 0.378 e. The summed E-state index contributed by atoms with van der Waals surface area (Å²) in [4.78, 5) is 33.3. The molecule has 0 bridgehead atoms. The molecule has 0 spiro atoms. The highest BCUT2D eigenvalue weighted by Gasteiger charge is 2.28. The summed E-state index contributed by atoms with van der Waals surface area (Å²) in [6.45, 7) is 5.19. The molecule has 36 heavy (non-hydrogen) atoms. The van der Waals surface area contributed by atoms with Crippen LogP contribution >= 0.6 is 0 Å². The van der Waals surface area contributed by atoms with Gasteiger partial charge in [-0.05, 0) is 61.8 Å². The van der Waals surface area contributed by atoms with Crippen molar-refractivity contribution in [2.75, 3.05) is 52.3 Å². The number of rotatable bonds is 6. The van der Waals surface area contributed by atoms with E-state index >= 15 is 0 Å². The molecule has 1 saturated heterocycles. The molecule has 3 heterocycles. The Labute approximate surface area is 211 Å². The third-order valence-corrected chi connectivity index (χ3v) is 6.91. The molecule has 1 aromatic heterocycles. The smallest absolute Gasteiger partial charge is 0.256 e. The van der Waals surface area contributed by atoms with Crippen LogP contribution in [0.25, 0.3) is 22.8 Å². The van der Waals surface area contributed by atoms with E-state index in [1.165, 1.54) is 5.56 Å². The molecule has 2 aliphatic rings. The minimum absolute atomic E-state index is 0.0109. The van der Waals surface area contributed by atoms with E-state index in [4.69, 9.17) is 4.74 Å². The fraction of sp³-hybridized carbons (Fsp3) is 0.310. The second kappa shape index (κ2) is 10.1. The summed E-state index contributed by atoms with van der Waals surface area (Å²) in [5, 5.41) is 3.02. The zero-order chi connectivity index (χ0) is 25.2. The number of carbonyl (C=O) groups is 2. The Kier molecular flexibility index (Phi) is 6.76. The van der Waals surface area contributed by atoms with Gasteiger partial charge in [-0.2, -0.15) is 0 Å². The minimum Gasteiger partial charge on any atom is -0.378 e. The number of benzene rings is 2. The number of hydrogen-bond acceptors (Lipinski definition) is 4. The van der Waals surface area contributed by atoms with Crippen LogP contribution in [0.4, 0.5) is 5.69 Å². The Balaban J connectivity index is 1.50. The van der Waals surface area contributed by atoms with Gasteiger partial charge in [-0.15, -0.1) is 0 Å². The molecule has 1 fully saturated rings. The first-order chi connectivity index (χ1) is 17.4. The van der Waals surface area contributed by atoms with E-state index in [0.717, 1.165) is 46.6 Å². The van der Waals surface area contributed by atoms with Crippen LogP contribution in [-0.2, 0) is 16.0 Å². The molecule has 2 amide bonds. The minimum atomic E-state index is -0.142. The molecular weight excluding hydrogens is 452 g/mol. The average Bonchev–Trinajstić information content (AvgIpc) is 3.42. The Morgan fingerprint density at radius 3 is 2.69 bits per heavy atom. The zero-order valence-corrected chi connectivity index (χ0v) is 21.1. The van der Waals surface area contributed by atoms with Gasteiger partial charge < -0.3 is 24.8 Å². The van der Waals surface area contributed by atoms with Gasteiger partial charge in [-0.1, -0.05) is 36.4 Å². The molecule has 7 nitrogen and oxygen atoms in total. The van der Waals surface area contributed by atoms with Gasteiger partial charge in [0.15, 0.2) is 0 Å². The van der Waals surface area contributed by atoms with E-state index in [2.05, 4.69) is 59.6 Å². The van der Waals surface area contributed by atoms with Crippen LogP contribution in [0.15, 0.2) is 48.7 Å². The lowest BCUT2D eigenvalue weighted by Crippen LogP contribution is -2.40. The normalized spacial score (nSPS) is 16.5. The van der Waals surface area contributed by atoms with E-state index in [1.807, 2.05) is 30.0 Å². The van der Waals surface area contributed by atoms with Crippen molar-refractivity contribution in [3.8, 4) is 11.1 Å². The van der Waals surface area contributed by atoms with Crippen molar-refractivity contribution in [3.05, 3.63) is 76.6 Å². The molecule has 7 heteroatoms. The van der Waals surface area contributed by atoms with Gasteiger partial charge in [0, 0.05) is 42.8 Å². The Bertz CT molecular complexity index is 1330. The number of anilines is 1. The molecule has 0 saturated carbocycles. The highest BCUT2D eigenvalue weighted by Crippen LogP contribution is 2.40. The average molecular weight is 485 g/mol. The van der Waals surface area contributed by atoms with E-state index in [1.54, 1.807) is 6.20 Å². The quantitative estimate of drug-likeness (QED) is 0.518. The molecule has 2 N–H and O–H groups in total. The van der Waals surface area contributed by atoms with Gasteiger partial charge in [-0.3, -0.25) is 9.59 Å². The fourth-order valence-corrected chi connectivity index (χ4v) is 4.84. The third kappa shape index (κ3) is 4.72. The molecule has 0 atom stereocenters. The van der Waals surface area contributed by atoms with E-state index < -0.39 is 0 Å². The first kappa shape index (κ1) is 24.0. The molecule has 2 aromatic carbocycles. The van der Waals surface area contributed by atoms with Gasteiger partial charge in [0.1, 0.15) is 0 Å². The van der Waals surface area contributed by atoms with Crippen LogP contribution < -0.4 is 5.32 Å². The predicted octanol–water partition coefficient (Wildman–Crippen LogP) is 4.06. The van der Waals surface area contributed by atoms with Crippen LogP contribution in [0.1, 0.15) is 32.7 Å². The van der Waals surface area contributed by atoms with Crippen molar-refractivity contribution in [2.24, 2.45) is 0 Å². The monoisotopic (exact) mass is 484 g/mol. The number of amides is 2. The molecule has 2 aliphatic heterocycles. The zero-order valence-electron chi connectivity index (χ0n) is 21.1. The maximum absolute atomic E-state index is 13.1. The Hall–Kier alpha value is -3.68. The Morgan fingerprint density at radius 1 is 1.14 bits per heavy atom. The number of nitrogens with one attached hydrogen (secondary N) is 2. The van der Waals surface area contributed by atoms with Crippen LogP contribution in [0.2, 0.25) is 0 Å². The first-order valence-electron chi connectivity index (χ1n) is 12.4. The molecule has 5 rings (SSSR count). The number of likely N-dealkylation sites (N-methyl/N-ethyl adjacent to an activating group) is 1. The van der Waals surface area contributed by atoms with E-state index in [0.29, 0.717) is 37.4 Å². The summed E-state index contributed by atoms with van der Waals surface area (Å²) in [5.41, 5.74) is 7.86. The van der Waals surface area contributed by atoms with Crippen molar-refractivity contribution in [1.29, 1.82) is 0 Å². The van der Waals surface area contributed by atoms with Crippen LogP contribution in [0.5, 0.6) is 0 Å². The van der Waals surface area contributed by atoms with Crippen LogP contribution in [0.3, 0.4) is 0 Å². The number of hydrogen-bond donors (Lipinski definition) is 2. The van der Waals surface area contributed by atoms with Crippen molar-refractivity contribution < 1.29 is 14.3 Å². The van der Waals surface area contributed by atoms with Crippen molar-refractivity contribution in [2.45, 2.75) is 13.3 Å². The Morgan fingerprint density at radius 2 is 1.92 bits per heavy atom. The topological polar surface area (TPSA) is 77.7 Å². The second-order valence-electron chi connectivity index (χ2n) is 9.64. The summed E-state index contributed by atoms with van der Waals surface area (Å²) in [6, 6.07) is 14.5. The number of ether oxygens (including phenoxy) is 1. The fourth-order valence-electron chi connectivity index (χ4n) is 4.84. The predicted molar refractivity (Wildman–Crippen MR) is 143 cm³/mol. The number of aromatic nitrogens is 1. The van der Waals surface area contributed by atoms with E-state index in [9.17, 15) is 9.59 Å². The summed E-state index contributed by atoms with van der Waals surface area (Å²) in [5.74, 6) is -0.153. The van der Waals surface area contributed by atoms with Gasteiger partial charge in [-0.25, -0.2) is 0 Å². The molecule has 186 valence electrons. The lowest BCUT2D eigenvalue weighted by atomic mass is 9.93. The number of morpholine rings is 1. The number of fused-ring (bicyclic) bond motifs is 1. The van der Waals surface area contributed by atoms with Gasteiger partial charge >= 0.3 is 0 Å². The summed E-state index contributed by atoms with van der Waals surface area (Å²) < 4.78 is 5.38. The second-order valence-corrected chi connectivity index (χ2v) is 9.64. The SMILES string of the molecule is Cc1c(C(=O)N2CCOCC2)c[nH]c1/C=C1\C(=O)Nc2cccc(-c3cccc(CCN(C)C)c3)c21. The number of H-pyrrole nitrogens is 1. The number of carbonyl (C=O) groups excluding carboxylic acids is 2. The lowest BCUT2D eigenvalue weighted by molar-refractivity contribution is -0.110. The molecule has 0 unspecified atom stereocenters. The van der Waals surface area contributed by atoms with Gasteiger partial charge in [0.05, 0.1) is 24.4 Å². The summed E-state index contributed by atoms with van der Waals surface area (Å²) >= 11 is 0. The molecule has 3 aromatic rings. The van der Waals surface area contributed by atoms with Crippen molar-refractivity contribution >= 4 is 29.2 Å². The third-order valence-electron chi connectivity index (χ3n) is 6.91. The molecule has 0 aliphatic carbocycles. The van der Waals surface area contributed by atoms with Crippen molar-refractivity contribution in [3.63, 3.8) is 0 Å². The van der Waals surface area contributed by atoms with Gasteiger partial charge in [0.2, 0.25) is 0 Å². The first-order valence-corrected chi connectivity index (χ1v) is 12.4. The molecular formula is C29H32N4O3. The highest BCUT2D eigenvalue weighted by atomic mass is 16.5. The van der Waals surface area contributed by atoms with Crippen LogP contribution in [-0.4, -0.2) is 73.5 Å². The molecule has 0 radical (unpaired) electrons. The maximum Gasteiger partial charge on any atom is 0.256 e. The summed E-state index contributed by atoms with van der Waals surface area (Å²) in [7, 11) is 4.15. The van der Waals surface area contributed by atoms with Gasteiger partial charge in [0.25, 0.3) is 11.8 Å². The summed E-state index contributed by atoms with van der Waals surface area (Å²) in [6.07, 6.45) is 4.57. The lowest BCUT2D eigenvalue weighted by Gasteiger charge is -2.26. The standard InChI is InChI=1S/C29H32N4O3/c1-19-24(29(35)33-12-14-36-15-13-33)18-30-26(19)17-23-27-22(8-5-9-25(27)31-28(23)34)21-7-4-6-20(16-21)10-11-32(2)3/h4-9,16-18,30H,10-15H2,1-3H3,(H,31,34)/b23-17-. The van der Waals surface area contributed by atoms with Crippen LogP contribution in [0, 0.1) is 6.92 Å². The number of aromatic amines is 1. The number of nitrogens with zero attached hydrogens (tertiary/aromatic N) is 2. The van der Waals surface area contributed by atoms with E-state index in [-0.39, 0.29) is 11.8 Å².